The van der Waals surface area contributed by atoms with Gasteiger partial charge in [-0.15, -0.1) is 0 Å². The molecule has 1 aromatic heterocycles. The molecule has 0 saturated heterocycles. The summed E-state index contributed by atoms with van der Waals surface area (Å²) in [6.45, 7) is 0. The second-order valence-electron chi connectivity index (χ2n) is 3.64. The number of benzene rings is 1. The lowest BCUT2D eigenvalue weighted by Gasteiger charge is -2.08. The van der Waals surface area contributed by atoms with Crippen molar-refractivity contribution in [1.29, 1.82) is 0 Å². The third kappa shape index (κ3) is 2.01. The van der Waals surface area contributed by atoms with Gasteiger partial charge in [-0.05, 0) is 24.1 Å². The van der Waals surface area contributed by atoms with Gasteiger partial charge in [-0.2, -0.15) is 0 Å². The van der Waals surface area contributed by atoms with E-state index in [4.69, 9.17) is 10.8 Å². The maximum atomic E-state index is 10.7. The van der Waals surface area contributed by atoms with E-state index in [0.29, 0.717) is 6.42 Å². The van der Waals surface area contributed by atoms with E-state index in [9.17, 15) is 4.79 Å². The fourth-order valence-electron chi connectivity index (χ4n) is 1.66. The van der Waals surface area contributed by atoms with Crippen LogP contribution >= 0.6 is 0 Å². The van der Waals surface area contributed by atoms with Gasteiger partial charge in [0.25, 0.3) is 0 Å². The molecule has 3 N–H and O–H groups in total. The summed E-state index contributed by atoms with van der Waals surface area (Å²) in [5.41, 5.74) is 7.30. The van der Waals surface area contributed by atoms with Gasteiger partial charge in [0.1, 0.15) is 6.04 Å². The summed E-state index contributed by atoms with van der Waals surface area (Å²) in [6, 6.07) is 8.56. The van der Waals surface area contributed by atoms with Crippen LogP contribution in [0.4, 0.5) is 0 Å². The van der Waals surface area contributed by atoms with Gasteiger partial charge in [0.15, 0.2) is 0 Å². The summed E-state index contributed by atoms with van der Waals surface area (Å²) < 4.78 is 0. The van der Waals surface area contributed by atoms with Crippen molar-refractivity contribution in [2.75, 3.05) is 0 Å². The molecule has 2 aromatic rings. The minimum absolute atomic E-state index is 0.318. The maximum absolute atomic E-state index is 10.7. The molecule has 82 valence electrons. The minimum Gasteiger partial charge on any atom is -0.480 e. The van der Waals surface area contributed by atoms with E-state index in [2.05, 4.69) is 4.98 Å². The fraction of sp³-hybridized carbons (Fsp3) is 0.167. The van der Waals surface area contributed by atoms with E-state index in [1.54, 1.807) is 6.20 Å². The number of aliphatic carboxylic acids is 1. The molecule has 1 unspecified atom stereocenters. The predicted molar refractivity (Wildman–Crippen MR) is 61.1 cm³/mol. The molecule has 0 spiro atoms. The number of fused-ring (bicyclic) bond motifs is 1. The van der Waals surface area contributed by atoms with Crippen LogP contribution in [0.3, 0.4) is 0 Å². The number of nitrogens with two attached hydrogens (primary N) is 1. The number of rotatable bonds is 3. The minimum atomic E-state index is -0.985. The number of pyridine rings is 1. The van der Waals surface area contributed by atoms with Crippen LogP contribution in [0.5, 0.6) is 0 Å². The summed E-state index contributed by atoms with van der Waals surface area (Å²) in [5, 5.41) is 9.73. The van der Waals surface area contributed by atoms with Crippen molar-refractivity contribution in [2.45, 2.75) is 12.5 Å². The smallest absolute Gasteiger partial charge is 0.320 e. The van der Waals surface area contributed by atoms with E-state index in [1.165, 1.54) is 0 Å². The molecule has 0 fully saturated rings. The number of aromatic nitrogens is 1. The van der Waals surface area contributed by atoms with Crippen LogP contribution in [-0.4, -0.2) is 22.1 Å². The molecule has 0 aliphatic rings. The Balaban J connectivity index is 2.41. The third-order valence-corrected chi connectivity index (χ3v) is 2.50. The first kappa shape index (κ1) is 10.6. The van der Waals surface area contributed by atoms with Crippen molar-refractivity contribution in [3.63, 3.8) is 0 Å². The second-order valence-corrected chi connectivity index (χ2v) is 3.64. The number of carboxylic acids is 1. The number of para-hydroxylation sites is 1. The molecule has 0 bridgehead atoms. The van der Waals surface area contributed by atoms with E-state index in [1.807, 2.05) is 30.3 Å². The molecule has 1 aromatic carbocycles. The molecule has 0 radical (unpaired) electrons. The van der Waals surface area contributed by atoms with E-state index < -0.39 is 12.0 Å². The normalized spacial score (nSPS) is 12.6. The van der Waals surface area contributed by atoms with Crippen LogP contribution in [-0.2, 0) is 11.2 Å². The van der Waals surface area contributed by atoms with Crippen molar-refractivity contribution < 1.29 is 9.90 Å². The average molecular weight is 216 g/mol. The zero-order valence-electron chi connectivity index (χ0n) is 8.63. The Morgan fingerprint density at radius 3 is 2.88 bits per heavy atom. The lowest BCUT2D eigenvalue weighted by atomic mass is 10.0. The number of carboxylic acid groups (broad SMARTS) is 1. The molecule has 1 heterocycles. The highest BCUT2D eigenvalue weighted by Gasteiger charge is 2.13. The molecule has 4 heteroatoms. The third-order valence-electron chi connectivity index (χ3n) is 2.50. The standard InChI is InChI=1S/C12H12N2O2/c13-10(12(15)16)7-8-5-6-14-11-4-2-1-3-9(8)11/h1-6,10H,7,13H2,(H,15,16). The van der Waals surface area contributed by atoms with Crippen LogP contribution < -0.4 is 5.73 Å². The second kappa shape index (κ2) is 4.28. The summed E-state index contributed by atoms with van der Waals surface area (Å²) >= 11 is 0. The van der Waals surface area contributed by atoms with Crippen LogP contribution in [0.25, 0.3) is 10.9 Å². The van der Waals surface area contributed by atoms with Crippen molar-refractivity contribution in [3.8, 4) is 0 Å². The first-order valence-corrected chi connectivity index (χ1v) is 4.99. The lowest BCUT2D eigenvalue weighted by molar-refractivity contribution is -0.138. The average Bonchev–Trinajstić information content (AvgIpc) is 2.29. The van der Waals surface area contributed by atoms with Crippen molar-refractivity contribution in [1.82, 2.24) is 4.98 Å². The summed E-state index contributed by atoms with van der Waals surface area (Å²) in [7, 11) is 0. The fourth-order valence-corrected chi connectivity index (χ4v) is 1.66. The molecule has 1 atom stereocenters. The quantitative estimate of drug-likeness (QED) is 0.808. The monoisotopic (exact) mass is 216 g/mol. The van der Waals surface area contributed by atoms with Gasteiger partial charge in [0.05, 0.1) is 5.52 Å². The van der Waals surface area contributed by atoms with Crippen molar-refractivity contribution in [3.05, 3.63) is 42.1 Å². The van der Waals surface area contributed by atoms with Crippen LogP contribution in [0, 0.1) is 0 Å². The van der Waals surface area contributed by atoms with Gasteiger partial charge in [-0.3, -0.25) is 9.78 Å². The molecular formula is C12H12N2O2. The van der Waals surface area contributed by atoms with Crippen LogP contribution in [0.1, 0.15) is 5.56 Å². The Hall–Kier alpha value is -1.94. The Morgan fingerprint density at radius 2 is 2.12 bits per heavy atom. The van der Waals surface area contributed by atoms with Gasteiger partial charge in [-0.25, -0.2) is 0 Å². The van der Waals surface area contributed by atoms with Gasteiger partial charge in [-0.1, -0.05) is 18.2 Å². The van der Waals surface area contributed by atoms with Gasteiger partial charge < -0.3 is 10.8 Å². The summed E-state index contributed by atoms with van der Waals surface area (Å²) in [4.78, 5) is 14.9. The Bertz CT molecular complexity index is 520. The van der Waals surface area contributed by atoms with Gasteiger partial charge in [0, 0.05) is 11.6 Å². The first-order valence-electron chi connectivity index (χ1n) is 4.99. The SMILES string of the molecule is NC(Cc1ccnc2ccccc12)C(=O)O. The number of hydrogen-bond acceptors (Lipinski definition) is 3. The Kier molecular flexibility index (Phi) is 2.83. The van der Waals surface area contributed by atoms with Gasteiger partial charge >= 0.3 is 5.97 Å². The van der Waals surface area contributed by atoms with Crippen molar-refractivity contribution in [2.24, 2.45) is 5.73 Å². The van der Waals surface area contributed by atoms with Crippen LogP contribution in [0.15, 0.2) is 36.5 Å². The zero-order chi connectivity index (χ0) is 11.5. The molecule has 2 rings (SSSR count). The van der Waals surface area contributed by atoms with E-state index >= 15 is 0 Å². The summed E-state index contributed by atoms with van der Waals surface area (Å²) in [6.07, 6.45) is 1.99. The maximum Gasteiger partial charge on any atom is 0.320 e. The molecule has 16 heavy (non-hydrogen) atoms. The Morgan fingerprint density at radius 1 is 1.38 bits per heavy atom. The topological polar surface area (TPSA) is 76.2 Å². The lowest BCUT2D eigenvalue weighted by Crippen LogP contribution is -2.32. The zero-order valence-corrected chi connectivity index (χ0v) is 8.63. The molecule has 0 aliphatic heterocycles. The highest BCUT2D eigenvalue weighted by molar-refractivity contribution is 5.83. The van der Waals surface area contributed by atoms with Crippen LogP contribution in [0.2, 0.25) is 0 Å². The van der Waals surface area contributed by atoms with E-state index in [0.717, 1.165) is 16.5 Å². The van der Waals surface area contributed by atoms with E-state index in [-0.39, 0.29) is 0 Å². The molecule has 0 aliphatic carbocycles. The van der Waals surface area contributed by atoms with Gasteiger partial charge in [0.2, 0.25) is 0 Å². The first-order chi connectivity index (χ1) is 7.68. The summed E-state index contributed by atoms with van der Waals surface area (Å²) in [5.74, 6) is -0.985. The number of carbonyl (C=O) groups is 1. The number of hydrogen-bond donors (Lipinski definition) is 2. The molecule has 0 saturated carbocycles. The Labute approximate surface area is 92.7 Å². The largest absolute Gasteiger partial charge is 0.480 e. The highest BCUT2D eigenvalue weighted by Crippen LogP contribution is 2.17. The number of nitrogens with zero attached hydrogens (tertiary/aromatic N) is 1. The highest BCUT2D eigenvalue weighted by atomic mass is 16.4. The molecule has 0 amide bonds. The van der Waals surface area contributed by atoms with Crippen molar-refractivity contribution >= 4 is 16.9 Å². The predicted octanol–water partition coefficient (Wildman–Crippen LogP) is 1.19. The molecule has 4 nitrogen and oxygen atoms in total. The molecular weight excluding hydrogens is 204 g/mol.